The zero-order chi connectivity index (χ0) is 21.1. The zero-order valence-corrected chi connectivity index (χ0v) is 18.8. The summed E-state index contributed by atoms with van der Waals surface area (Å²) in [7, 11) is 1.34. The SMILES string of the molecule is COC(=O)c1sc2nc(SCC(=O)N3CCCCC3)nc(N3CCCCC3)c2c1N. The average Bonchev–Trinajstić information content (AvgIpc) is 3.14. The molecular weight excluding hydrogens is 422 g/mol. The number of methoxy groups -OCH3 is 1. The van der Waals surface area contributed by atoms with Gasteiger partial charge in [-0.15, -0.1) is 11.3 Å². The van der Waals surface area contributed by atoms with Crippen molar-refractivity contribution in [2.45, 2.75) is 43.7 Å². The highest BCUT2D eigenvalue weighted by molar-refractivity contribution is 7.99. The second kappa shape index (κ2) is 9.38. The minimum atomic E-state index is -0.463. The molecule has 0 spiro atoms. The zero-order valence-electron chi connectivity index (χ0n) is 17.2. The van der Waals surface area contributed by atoms with Gasteiger partial charge in [0.2, 0.25) is 5.91 Å². The number of likely N-dealkylation sites (tertiary alicyclic amines) is 1. The Morgan fingerprint density at radius 2 is 1.73 bits per heavy atom. The molecule has 162 valence electrons. The van der Waals surface area contributed by atoms with Crippen LogP contribution in [0.4, 0.5) is 11.5 Å². The van der Waals surface area contributed by atoms with Gasteiger partial charge in [0.15, 0.2) is 5.16 Å². The second-order valence-corrected chi connectivity index (χ2v) is 9.57. The van der Waals surface area contributed by atoms with Crippen LogP contribution in [0.2, 0.25) is 0 Å². The van der Waals surface area contributed by atoms with Crippen LogP contribution in [0.1, 0.15) is 48.2 Å². The van der Waals surface area contributed by atoms with Gasteiger partial charge < -0.3 is 20.3 Å². The maximum absolute atomic E-state index is 12.6. The van der Waals surface area contributed by atoms with Crippen LogP contribution < -0.4 is 10.6 Å². The van der Waals surface area contributed by atoms with Gasteiger partial charge in [-0.3, -0.25) is 4.79 Å². The number of ether oxygens (including phenoxy) is 1. The molecule has 8 nitrogen and oxygen atoms in total. The number of esters is 1. The predicted octanol–water partition coefficient (Wildman–Crippen LogP) is 3.16. The Bertz CT molecular complexity index is 936. The highest BCUT2D eigenvalue weighted by Gasteiger charge is 2.26. The van der Waals surface area contributed by atoms with E-state index in [1.54, 1.807) is 0 Å². The van der Waals surface area contributed by atoms with E-state index in [9.17, 15) is 9.59 Å². The van der Waals surface area contributed by atoms with Crippen molar-refractivity contribution < 1.29 is 14.3 Å². The Labute approximate surface area is 184 Å². The lowest BCUT2D eigenvalue weighted by Gasteiger charge is -2.28. The molecule has 0 aromatic carbocycles. The van der Waals surface area contributed by atoms with Crippen LogP contribution in [0.3, 0.4) is 0 Å². The van der Waals surface area contributed by atoms with Gasteiger partial charge in [0, 0.05) is 26.2 Å². The van der Waals surface area contributed by atoms with Crippen molar-refractivity contribution >= 4 is 56.7 Å². The Kier molecular flexibility index (Phi) is 6.62. The van der Waals surface area contributed by atoms with Gasteiger partial charge in [0.1, 0.15) is 15.5 Å². The van der Waals surface area contributed by atoms with Crippen LogP contribution in [0.5, 0.6) is 0 Å². The molecule has 0 radical (unpaired) electrons. The molecule has 4 rings (SSSR count). The summed E-state index contributed by atoms with van der Waals surface area (Å²) in [5.74, 6) is 0.741. The maximum Gasteiger partial charge on any atom is 0.350 e. The maximum atomic E-state index is 12.6. The summed E-state index contributed by atoms with van der Waals surface area (Å²) < 4.78 is 4.88. The normalized spacial score (nSPS) is 17.4. The number of rotatable bonds is 5. The van der Waals surface area contributed by atoms with Gasteiger partial charge in [0.25, 0.3) is 0 Å². The summed E-state index contributed by atoms with van der Waals surface area (Å²) in [6, 6.07) is 0. The number of amides is 1. The van der Waals surface area contributed by atoms with E-state index < -0.39 is 5.97 Å². The van der Waals surface area contributed by atoms with E-state index >= 15 is 0 Å². The van der Waals surface area contributed by atoms with E-state index in [2.05, 4.69) is 9.88 Å². The van der Waals surface area contributed by atoms with Gasteiger partial charge >= 0.3 is 5.97 Å². The molecule has 2 aliphatic rings. The molecule has 2 fully saturated rings. The molecule has 2 aromatic heterocycles. The molecule has 0 unspecified atom stereocenters. The molecule has 0 bridgehead atoms. The highest BCUT2D eigenvalue weighted by atomic mass is 32.2. The van der Waals surface area contributed by atoms with E-state index in [4.69, 9.17) is 15.5 Å². The van der Waals surface area contributed by atoms with Crippen molar-refractivity contribution in [3.05, 3.63) is 4.88 Å². The van der Waals surface area contributed by atoms with Gasteiger partial charge in [-0.1, -0.05) is 11.8 Å². The largest absolute Gasteiger partial charge is 0.465 e. The van der Waals surface area contributed by atoms with Crippen LogP contribution in [-0.4, -0.2) is 65.8 Å². The van der Waals surface area contributed by atoms with Crippen LogP contribution in [-0.2, 0) is 9.53 Å². The summed E-state index contributed by atoms with van der Waals surface area (Å²) in [5, 5.41) is 1.26. The number of carbonyl (C=O) groups is 2. The lowest BCUT2D eigenvalue weighted by molar-refractivity contribution is -0.129. The molecule has 2 saturated heterocycles. The molecule has 2 aliphatic heterocycles. The summed E-state index contributed by atoms with van der Waals surface area (Å²) in [6.45, 7) is 3.46. The fourth-order valence-corrected chi connectivity index (χ4v) is 5.80. The number of thioether (sulfide) groups is 1. The number of aromatic nitrogens is 2. The number of thiophene rings is 1. The summed E-state index contributed by atoms with van der Waals surface area (Å²) in [5.41, 5.74) is 6.71. The Balaban J connectivity index is 1.64. The van der Waals surface area contributed by atoms with Crippen molar-refractivity contribution in [2.24, 2.45) is 0 Å². The summed E-state index contributed by atoms with van der Waals surface area (Å²) in [6.07, 6.45) is 6.72. The van der Waals surface area contributed by atoms with Crippen molar-refractivity contribution in [3.63, 3.8) is 0 Å². The van der Waals surface area contributed by atoms with E-state index in [0.29, 0.717) is 31.7 Å². The van der Waals surface area contributed by atoms with Gasteiger partial charge in [-0.2, -0.15) is 0 Å². The molecule has 4 heterocycles. The van der Waals surface area contributed by atoms with Crippen molar-refractivity contribution in [3.8, 4) is 0 Å². The summed E-state index contributed by atoms with van der Waals surface area (Å²) in [4.78, 5) is 39.3. The molecule has 0 aliphatic carbocycles. The second-order valence-electron chi connectivity index (χ2n) is 7.62. The van der Waals surface area contributed by atoms with Crippen LogP contribution >= 0.6 is 23.1 Å². The van der Waals surface area contributed by atoms with Crippen molar-refractivity contribution in [1.82, 2.24) is 14.9 Å². The Hall–Kier alpha value is -2.07. The number of nitrogens with two attached hydrogens (primary N) is 1. The molecule has 2 N–H and O–H groups in total. The van der Waals surface area contributed by atoms with Crippen LogP contribution in [0.25, 0.3) is 10.2 Å². The van der Waals surface area contributed by atoms with Gasteiger partial charge in [-0.05, 0) is 38.5 Å². The fraction of sp³-hybridized carbons (Fsp3) is 0.600. The standard InChI is InChI=1S/C20H27N5O3S2/c1-28-19(27)16-15(21)14-17(25-10-6-3-7-11-25)22-20(23-18(14)30-16)29-12-13(26)24-8-4-2-5-9-24/h2-12,21H2,1H3. The average molecular weight is 450 g/mol. The predicted molar refractivity (Wildman–Crippen MR) is 120 cm³/mol. The lowest BCUT2D eigenvalue weighted by Crippen LogP contribution is -2.36. The number of anilines is 2. The highest BCUT2D eigenvalue weighted by Crippen LogP contribution is 2.40. The van der Waals surface area contributed by atoms with E-state index in [-0.39, 0.29) is 5.91 Å². The number of piperidine rings is 2. The van der Waals surface area contributed by atoms with Crippen molar-refractivity contribution in [2.75, 3.05) is 49.7 Å². The van der Waals surface area contributed by atoms with Gasteiger partial charge in [-0.25, -0.2) is 14.8 Å². The molecular formula is C20H27N5O3S2. The Morgan fingerprint density at radius 3 is 2.40 bits per heavy atom. The summed E-state index contributed by atoms with van der Waals surface area (Å²) >= 11 is 2.58. The van der Waals surface area contributed by atoms with Crippen LogP contribution in [0, 0.1) is 0 Å². The van der Waals surface area contributed by atoms with E-state index in [1.807, 2.05) is 4.90 Å². The number of fused-ring (bicyclic) bond motifs is 1. The number of nitrogens with zero attached hydrogens (tertiary/aromatic N) is 4. The third-order valence-corrected chi connectivity index (χ3v) is 7.52. The van der Waals surface area contributed by atoms with Crippen LogP contribution in [0.15, 0.2) is 5.16 Å². The quantitative estimate of drug-likeness (QED) is 0.422. The minimum absolute atomic E-state index is 0.129. The van der Waals surface area contributed by atoms with E-state index in [0.717, 1.165) is 57.7 Å². The third-order valence-electron chi connectivity index (χ3n) is 5.61. The number of hydrogen-bond acceptors (Lipinski definition) is 9. The topological polar surface area (TPSA) is 102 Å². The fourth-order valence-electron chi connectivity index (χ4n) is 3.99. The third kappa shape index (κ3) is 4.34. The molecule has 0 atom stereocenters. The molecule has 30 heavy (non-hydrogen) atoms. The molecule has 10 heteroatoms. The lowest BCUT2D eigenvalue weighted by atomic mass is 10.1. The minimum Gasteiger partial charge on any atom is -0.465 e. The van der Waals surface area contributed by atoms with Crippen molar-refractivity contribution in [1.29, 1.82) is 0 Å². The smallest absolute Gasteiger partial charge is 0.350 e. The first-order valence-corrected chi connectivity index (χ1v) is 12.2. The first-order chi connectivity index (χ1) is 14.6. The first-order valence-electron chi connectivity index (χ1n) is 10.4. The Morgan fingerprint density at radius 1 is 1.07 bits per heavy atom. The molecule has 0 saturated carbocycles. The number of hydrogen-bond donors (Lipinski definition) is 1. The number of nitrogen functional groups attached to an aromatic ring is 1. The van der Waals surface area contributed by atoms with Gasteiger partial charge in [0.05, 0.1) is 23.9 Å². The number of carbonyl (C=O) groups excluding carboxylic acids is 2. The monoisotopic (exact) mass is 449 g/mol. The first kappa shape index (κ1) is 21.2. The molecule has 1 amide bonds. The van der Waals surface area contributed by atoms with E-state index in [1.165, 1.54) is 43.1 Å². The molecule has 2 aromatic rings.